The van der Waals surface area contributed by atoms with Gasteiger partial charge in [0, 0.05) is 12.6 Å². The second-order valence-corrected chi connectivity index (χ2v) is 5.81. The van der Waals surface area contributed by atoms with Crippen LogP contribution in [0.15, 0.2) is 0 Å². The third-order valence-electron chi connectivity index (χ3n) is 4.72. The highest BCUT2D eigenvalue weighted by molar-refractivity contribution is 5.73. The predicted octanol–water partition coefficient (Wildman–Crippen LogP) is 2.27. The summed E-state index contributed by atoms with van der Waals surface area (Å²) in [6.07, 6.45) is 7.45. The molecule has 2 unspecified atom stereocenters. The van der Waals surface area contributed by atoms with Crippen molar-refractivity contribution in [3.63, 3.8) is 0 Å². The number of aliphatic carboxylic acids is 1. The van der Waals surface area contributed by atoms with Gasteiger partial charge in [-0.1, -0.05) is 19.8 Å². The Morgan fingerprint density at radius 3 is 2.72 bits per heavy atom. The van der Waals surface area contributed by atoms with E-state index < -0.39 is 5.97 Å². The van der Waals surface area contributed by atoms with Crippen molar-refractivity contribution in [2.75, 3.05) is 13.7 Å². The SMILES string of the molecule is CCC(C(=O)O)N(C)C1CCOC2(CCCC2)C1. The fraction of sp³-hybridized carbons (Fsp3) is 0.929. The third kappa shape index (κ3) is 2.69. The Labute approximate surface area is 109 Å². The Bertz CT molecular complexity index is 299. The Morgan fingerprint density at radius 2 is 2.17 bits per heavy atom. The van der Waals surface area contributed by atoms with Gasteiger partial charge in [-0.2, -0.15) is 0 Å². The molecule has 4 heteroatoms. The molecule has 1 saturated carbocycles. The quantitative estimate of drug-likeness (QED) is 0.837. The van der Waals surface area contributed by atoms with Gasteiger partial charge in [-0.3, -0.25) is 9.69 Å². The molecular formula is C14H25NO3. The lowest BCUT2D eigenvalue weighted by molar-refractivity contribution is -0.147. The van der Waals surface area contributed by atoms with Gasteiger partial charge < -0.3 is 9.84 Å². The zero-order chi connectivity index (χ0) is 13.2. The molecule has 1 N–H and O–H groups in total. The average molecular weight is 255 g/mol. The fourth-order valence-corrected chi connectivity index (χ4v) is 3.61. The van der Waals surface area contributed by atoms with Crippen LogP contribution in [0.4, 0.5) is 0 Å². The van der Waals surface area contributed by atoms with Crippen LogP contribution in [-0.2, 0) is 9.53 Å². The summed E-state index contributed by atoms with van der Waals surface area (Å²) >= 11 is 0. The first kappa shape index (κ1) is 13.8. The van der Waals surface area contributed by atoms with Crippen LogP contribution in [0.5, 0.6) is 0 Å². The molecule has 0 aromatic heterocycles. The summed E-state index contributed by atoms with van der Waals surface area (Å²) in [6.45, 7) is 2.73. The minimum atomic E-state index is -0.702. The number of carboxylic acid groups (broad SMARTS) is 1. The van der Waals surface area contributed by atoms with Crippen LogP contribution in [0.2, 0.25) is 0 Å². The van der Waals surface area contributed by atoms with E-state index in [0.717, 1.165) is 32.3 Å². The highest BCUT2D eigenvalue weighted by Crippen LogP contribution is 2.41. The van der Waals surface area contributed by atoms with Gasteiger partial charge in [-0.25, -0.2) is 0 Å². The number of ether oxygens (including phenoxy) is 1. The number of rotatable bonds is 4. The van der Waals surface area contributed by atoms with Crippen LogP contribution in [0.3, 0.4) is 0 Å². The summed E-state index contributed by atoms with van der Waals surface area (Å²) in [7, 11) is 1.96. The third-order valence-corrected chi connectivity index (χ3v) is 4.72. The zero-order valence-corrected chi connectivity index (χ0v) is 11.5. The van der Waals surface area contributed by atoms with E-state index in [4.69, 9.17) is 4.74 Å². The molecule has 1 spiro atoms. The molecule has 1 aliphatic heterocycles. The molecule has 2 rings (SSSR count). The predicted molar refractivity (Wildman–Crippen MR) is 69.7 cm³/mol. The van der Waals surface area contributed by atoms with Gasteiger partial charge >= 0.3 is 5.97 Å². The summed E-state index contributed by atoms with van der Waals surface area (Å²) in [5.41, 5.74) is 0.0635. The van der Waals surface area contributed by atoms with Gasteiger partial charge in [0.05, 0.1) is 5.60 Å². The second-order valence-electron chi connectivity index (χ2n) is 5.81. The lowest BCUT2D eigenvalue weighted by Crippen LogP contribution is -2.51. The van der Waals surface area contributed by atoms with E-state index in [-0.39, 0.29) is 11.6 Å². The maximum absolute atomic E-state index is 11.3. The van der Waals surface area contributed by atoms with E-state index in [1.807, 2.05) is 14.0 Å². The minimum absolute atomic E-state index is 0.0635. The molecule has 0 aromatic carbocycles. The van der Waals surface area contributed by atoms with E-state index in [2.05, 4.69) is 4.90 Å². The van der Waals surface area contributed by atoms with Gasteiger partial charge in [-0.05, 0) is 39.2 Å². The summed E-state index contributed by atoms with van der Waals surface area (Å²) in [5.74, 6) is -0.702. The fourth-order valence-electron chi connectivity index (χ4n) is 3.61. The standard InChI is InChI=1S/C14H25NO3/c1-3-12(13(16)17)15(2)11-6-9-18-14(10-11)7-4-5-8-14/h11-12H,3-10H2,1-2H3,(H,16,17). The van der Waals surface area contributed by atoms with E-state index in [1.165, 1.54) is 12.8 Å². The molecule has 2 fully saturated rings. The van der Waals surface area contributed by atoms with Gasteiger partial charge in [0.15, 0.2) is 0 Å². The largest absolute Gasteiger partial charge is 0.480 e. The molecule has 1 heterocycles. The van der Waals surface area contributed by atoms with Crippen molar-refractivity contribution in [1.82, 2.24) is 4.90 Å². The zero-order valence-electron chi connectivity index (χ0n) is 11.5. The molecule has 0 aromatic rings. The molecule has 0 amide bonds. The van der Waals surface area contributed by atoms with Crippen LogP contribution < -0.4 is 0 Å². The number of nitrogens with zero attached hydrogens (tertiary/aromatic N) is 1. The topological polar surface area (TPSA) is 49.8 Å². The second kappa shape index (κ2) is 5.57. The van der Waals surface area contributed by atoms with Crippen molar-refractivity contribution < 1.29 is 14.6 Å². The molecule has 2 aliphatic rings. The maximum Gasteiger partial charge on any atom is 0.320 e. The first-order chi connectivity index (χ1) is 8.58. The highest BCUT2D eigenvalue weighted by Gasteiger charge is 2.42. The lowest BCUT2D eigenvalue weighted by Gasteiger charge is -2.43. The first-order valence-corrected chi connectivity index (χ1v) is 7.17. The Hall–Kier alpha value is -0.610. The monoisotopic (exact) mass is 255 g/mol. The Balaban J connectivity index is 2.01. The van der Waals surface area contributed by atoms with Crippen molar-refractivity contribution in [2.45, 2.75) is 69.6 Å². The maximum atomic E-state index is 11.3. The number of hydrogen-bond acceptors (Lipinski definition) is 3. The van der Waals surface area contributed by atoms with E-state index in [1.54, 1.807) is 0 Å². The van der Waals surface area contributed by atoms with Crippen molar-refractivity contribution in [3.05, 3.63) is 0 Å². The van der Waals surface area contributed by atoms with Gasteiger partial charge in [0.2, 0.25) is 0 Å². The van der Waals surface area contributed by atoms with Crippen LogP contribution in [-0.4, -0.2) is 47.3 Å². The van der Waals surface area contributed by atoms with Crippen molar-refractivity contribution >= 4 is 5.97 Å². The van der Waals surface area contributed by atoms with E-state index in [0.29, 0.717) is 12.5 Å². The normalized spacial score (nSPS) is 28.7. The average Bonchev–Trinajstić information content (AvgIpc) is 2.77. The molecule has 2 atom stereocenters. The minimum Gasteiger partial charge on any atom is -0.480 e. The van der Waals surface area contributed by atoms with Crippen LogP contribution in [0.25, 0.3) is 0 Å². The molecule has 0 radical (unpaired) electrons. The first-order valence-electron chi connectivity index (χ1n) is 7.17. The molecule has 104 valence electrons. The van der Waals surface area contributed by atoms with E-state index in [9.17, 15) is 9.90 Å². The number of hydrogen-bond donors (Lipinski definition) is 1. The summed E-state index contributed by atoms with van der Waals surface area (Å²) in [5, 5.41) is 9.26. The summed E-state index contributed by atoms with van der Waals surface area (Å²) < 4.78 is 6.01. The summed E-state index contributed by atoms with van der Waals surface area (Å²) in [6, 6.07) is 0.00412. The molecular weight excluding hydrogens is 230 g/mol. The van der Waals surface area contributed by atoms with Crippen LogP contribution >= 0.6 is 0 Å². The molecule has 0 bridgehead atoms. The van der Waals surface area contributed by atoms with Crippen molar-refractivity contribution in [1.29, 1.82) is 0 Å². The number of carbonyl (C=O) groups is 1. The van der Waals surface area contributed by atoms with Crippen LogP contribution in [0.1, 0.15) is 51.9 Å². The Kier molecular flexibility index (Phi) is 4.28. The van der Waals surface area contributed by atoms with Crippen LogP contribution in [0, 0.1) is 0 Å². The molecule has 4 nitrogen and oxygen atoms in total. The van der Waals surface area contributed by atoms with Crippen molar-refractivity contribution in [3.8, 4) is 0 Å². The Morgan fingerprint density at radius 1 is 1.50 bits per heavy atom. The van der Waals surface area contributed by atoms with Crippen molar-refractivity contribution in [2.24, 2.45) is 0 Å². The lowest BCUT2D eigenvalue weighted by atomic mass is 9.87. The number of carboxylic acids is 1. The molecule has 1 aliphatic carbocycles. The van der Waals surface area contributed by atoms with Gasteiger partial charge in [0.1, 0.15) is 6.04 Å². The molecule has 18 heavy (non-hydrogen) atoms. The highest BCUT2D eigenvalue weighted by atomic mass is 16.5. The number of likely N-dealkylation sites (N-methyl/N-ethyl adjacent to an activating group) is 1. The van der Waals surface area contributed by atoms with Gasteiger partial charge in [0.25, 0.3) is 0 Å². The van der Waals surface area contributed by atoms with E-state index >= 15 is 0 Å². The summed E-state index contributed by atoms with van der Waals surface area (Å²) in [4.78, 5) is 13.3. The van der Waals surface area contributed by atoms with Gasteiger partial charge in [-0.15, -0.1) is 0 Å². The molecule has 1 saturated heterocycles. The smallest absolute Gasteiger partial charge is 0.320 e.